The summed E-state index contributed by atoms with van der Waals surface area (Å²) in [5, 5.41) is 27.2. The van der Waals surface area contributed by atoms with Gasteiger partial charge in [-0.3, -0.25) is 19.2 Å². The van der Waals surface area contributed by atoms with Crippen LogP contribution in [-0.2, 0) is 65.0 Å². The number of aliphatic hydroxyl groups is 1. The molecule has 0 unspecified atom stereocenters. The molecule has 1 aliphatic carbocycles. The first-order chi connectivity index (χ1) is 27.9. The van der Waals surface area contributed by atoms with E-state index in [1.165, 1.54) is 10.6 Å². The Balaban J connectivity index is 0.000000768. The van der Waals surface area contributed by atoms with Crippen molar-refractivity contribution in [2.45, 2.75) is 76.9 Å². The van der Waals surface area contributed by atoms with E-state index in [2.05, 4.69) is 16.0 Å². The number of nitrogens with one attached hydrogen (secondary N) is 3. The molecule has 2 atom stereocenters. The zero-order chi connectivity index (χ0) is 42.8. The van der Waals surface area contributed by atoms with Crippen LogP contribution in [0.15, 0.2) is 47.3 Å². The molecule has 0 fully saturated rings. The summed E-state index contributed by atoms with van der Waals surface area (Å²) in [7, 11) is 0. The molecular formula is C40H39F4N5O10. The van der Waals surface area contributed by atoms with Gasteiger partial charge in [-0.25, -0.2) is 19.0 Å². The molecule has 5 N–H and O–H groups in total. The fourth-order valence-corrected chi connectivity index (χ4v) is 7.44. The van der Waals surface area contributed by atoms with Crippen molar-refractivity contribution < 1.29 is 61.2 Å². The van der Waals surface area contributed by atoms with Crippen molar-refractivity contribution >= 4 is 40.6 Å². The number of carbonyl (C=O) groups excluding carboxylic acids is 4. The molecule has 0 spiro atoms. The molecule has 3 amide bonds. The highest BCUT2D eigenvalue weighted by Crippen LogP contribution is 2.46. The second-order valence-electron chi connectivity index (χ2n) is 14.1. The first-order valence-electron chi connectivity index (χ1n) is 18.5. The minimum Gasteiger partial charge on any atom is -0.475 e. The summed E-state index contributed by atoms with van der Waals surface area (Å²) < 4.78 is 59.0. The van der Waals surface area contributed by atoms with Gasteiger partial charge in [0.25, 0.3) is 5.56 Å². The average molecular weight is 826 g/mol. The van der Waals surface area contributed by atoms with Crippen molar-refractivity contribution in [3.05, 3.63) is 97.6 Å². The number of amides is 3. The number of fused-ring (bicyclic) bond motifs is 5. The van der Waals surface area contributed by atoms with Crippen LogP contribution in [0.1, 0.15) is 71.2 Å². The Morgan fingerprint density at radius 1 is 1.03 bits per heavy atom. The number of carbonyl (C=O) groups is 5. The van der Waals surface area contributed by atoms with E-state index in [9.17, 15) is 42.3 Å². The standard InChI is InChI=1S/C38H38FN5O8.C2HF3O2/c1-3-38(50)25-13-29-35-23(16-44(29)36(48)24(25)17-52-37(38)49)34-27(11-10-22-20(2)26(39)14-28(43-35)33(22)34)42-32(47)18-51-19-41-31(46)15-40-30(45)12-9-21-7-5-4-6-8-21;3-2(4,5)1(6)7/h4-8,13-14,27,50H,3,9-12,15-19H2,1-2H3,(H,40,45)(H,41,46)(H,42,47);(H,6,7)/t27-,38-;/m0./s1. The zero-order valence-corrected chi connectivity index (χ0v) is 31.8. The van der Waals surface area contributed by atoms with Crippen molar-refractivity contribution in [1.82, 2.24) is 25.5 Å². The lowest BCUT2D eigenvalue weighted by Crippen LogP contribution is -2.44. The second kappa shape index (κ2) is 16.9. The van der Waals surface area contributed by atoms with Gasteiger partial charge in [0.05, 0.1) is 41.6 Å². The van der Waals surface area contributed by atoms with Gasteiger partial charge < -0.3 is 40.2 Å². The van der Waals surface area contributed by atoms with E-state index in [4.69, 9.17) is 24.4 Å². The Bertz CT molecular complexity index is 2420. The fraction of sp³-hybridized carbons (Fsp3) is 0.375. The lowest BCUT2D eigenvalue weighted by Gasteiger charge is -2.31. The van der Waals surface area contributed by atoms with Crippen molar-refractivity contribution in [3.8, 4) is 11.4 Å². The molecule has 2 aromatic heterocycles. The highest BCUT2D eigenvalue weighted by atomic mass is 19.4. The van der Waals surface area contributed by atoms with Crippen LogP contribution in [0.2, 0.25) is 0 Å². The number of carboxylic acid groups (broad SMARTS) is 1. The summed E-state index contributed by atoms with van der Waals surface area (Å²) in [6.45, 7) is 2.30. The predicted molar refractivity (Wildman–Crippen MR) is 199 cm³/mol. The van der Waals surface area contributed by atoms with Gasteiger partial charge in [-0.15, -0.1) is 0 Å². The number of aromatic nitrogens is 2. The topological polar surface area (TPSA) is 215 Å². The predicted octanol–water partition coefficient (Wildman–Crippen LogP) is 3.10. The van der Waals surface area contributed by atoms with Crippen molar-refractivity contribution in [1.29, 1.82) is 0 Å². The van der Waals surface area contributed by atoms with Gasteiger partial charge in [-0.1, -0.05) is 37.3 Å². The molecule has 312 valence electrons. The number of halogens is 4. The van der Waals surface area contributed by atoms with E-state index >= 15 is 4.39 Å². The highest BCUT2D eigenvalue weighted by molar-refractivity contribution is 5.94. The third-order valence-corrected chi connectivity index (χ3v) is 10.5. The molecule has 2 aliphatic heterocycles. The minimum absolute atomic E-state index is 0.00948. The molecule has 0 saturated heterocycles. The summed E-state index contributed by atoms with van der Waals surface area (Å²) in [5.74, 6) is -5.20. The van der Waals surface area contributed by atoms with Crippen LogP contribution >= 0.6 is 0 Å². The molecular weight excluding hydrogens is 786 g/mol. The summed E-state index contributed by atoms with van der Waals surface area (Å²) in [4.78, 5) is 77.7. The van der Waals surface area contributed by atoms with Crippen molar-refractivity contribution in [2.24, 2.45) is 0 Å². The quantitative estimate of drug-likeness (QED) is 0.0565. The van der Waals surface area contributed by atoms with Crippen LogP contribution in [0.25, 0.3) is 22.3 Å². The van der Waals surface area contributed by atoms with Crippen molar-refractivity contribution in [3.63, 3.8) is 0 Å². The molecule has 3 aliphatic rings. The third-order valence-electron chi connectivity index (χ3n) is 10.5. The first-order valence-corrected chi connectivity index (χ1v) is 18.5. The maximum absolute atomic E-state index is 15.2. The van der Waals surface area contributed by atoms with E-state index in [1.54, 1.807) is 19.9 Å². The fourth-order valence-electron chi connectivity index (χ4n) is 7.44. The maximum atomic E-state index is 15.2. The summed E-state index contributed by atoms with van der Waals surface area (Å²) in [5.41, 5.74) is 2.74. The normalized spacial score (nSPS) is 17.4. The Hall–Kier alpha value is -6.21. The van der Waals surface area contributed by atoms with E-state index in [0.717, 1.165) is 11.1 Å². The number of ether oxygens (including phenoxy) is 2. The van der Waals surface area contributed by atoms with Gasteiger partial charge in [0.15, 0.2) is 5.60 Å². The van der Waals surface area contributed by atoms with Gasteiger partial charge in [-0.2, -0.15) is 13.2 Å². The molecule has 2 aromatic carbocycles. The van der Waals surface area contributed by atoms with E-state index in [-0.39, 0.29) is 62.9 Å². The lowest BCUT2D eigenvalue weighted by molar-refractivity contribution is -0.192. The van der Waals surface area contributed by atoms with Crippen LogP contribution in [0.4, 0.5) is 17.6 Å². The Morgan fingerprint density at radius 3 is 2.42 bits per heavy atom. The molecule has 4 aromatic rings. The molecule has 15 nitrogen and oxygen atoms in total. The molecule has 0 saturated carbocycles. The molecule has 0 bridgehead atoms. The number of nitrogens with zero attached hydrogens (tertiary/aromatic N) is 2. The monoisotopic (exact) mass is 825 g/mol. The van der Waals surface area contributed by atoms with E-state index in [1.807, 2.05) is 30.3 Å². The zero-order valence-electron chi connectivity index (χ0n) is 31.8. The number of carboxylic acids is 1. The largest absolute Gasteiger partial charge is 0.490 e. The summed E-state index contributed by atoms with van der Waals surface area (Å²) in [6, 6.07) is 11.9. The first kappa shape index (κ1) is 42.4. The van der Waals surface area contributed by atoms with Crippen LogP contribution in [0, 0.1) is 12.7 Å². The summed E-state index contributed by atoms with van der Waals surface area (Å²) in [6.07, 6.45) is -3.39. The smallest absolute Gasteiger partial charge is 0.475 e. The van der Waals surface area contributed by atoms with Gasteiger partial charge in [0.1, 0.15) is 25.8 Å². The van der Waals surface area contributed by atoms with Gasteiger partial charge in [-0.05, 0) is 60.9 Å². The van der Waals surface area contributed by atoms with Crippen molar-refractivity contribution in [2.75, 3.05) is 19.9 Å². The van der Waals surface area contributed by atoms with Crippen LogP contribution in [-0.4, -0.2) is 75.5 Å². The summed E-state index contributed by atoms with van der Waals surface area (Å²) >= 11 is 0. The van der Waals surface area contributed by atoms with E-state index < -0.39 is 52.9 Å². The average Bonchev–Trinajstić information content (AvgIpc) is 3.57. The van der Waals surface area contributed by atoms with Crippen LogP contribution in [0.3, 0.4) is 0 Å². The van der Waals surface area contributed by atoms with Crippen LogP contribution in [0.5, 0.6) is 0 Å². The Labute approximate surface area is 332 Å². The number of cyclic esters (lactones) is 1. The van der Waals surface area contributed by atoms with Gasteiger partial charge >= 0.3 is 18.1 Å². The number of hydrogen-bond donors (Lipinski definition) is 5. The minimum atomic E-state index is -5.08. The molecule has 59 heavy (non-hydrogen) atoms. The Morgan fingerprint density at radius 2 is 1.75 bits per heavy atom. The molecule has 7 rings (SSSR count). The molecule has 19 heteroatoms. The number of benzene rings is 2. The van der Waals surface area contributed by atoms with E-state index in [0.29, 0.717) is 58.2 Å². The lowest BCUT2D eigenvalue weighted by atomic mass is 9.81. The maximum Gasteiger partial charge on any atom is 0.490 e. The molecule has 4 heterocycles. The van der Waals surface area contributed by atoms with Crippen LogP contribution < -0.4 is 21.5 Å². The third kappa shape index (κ3) is 8.66. The highest BCUT2D eigenvalue weighted by Gasteiger charge is 2.46. The molecule has 0 radical (unpaired) electrons. The van der Waals surface area contributed by atoms with Gasteiger partial charge in [0.2, 0.25) is 17.7 Å². The van der Waals surface area contributed by atoms with Gasteiger partial charge in [0, 0.05) is 29.0 Å². The Kier molecular flexibility index (Phi) is 12.2. The second-order valence-corrected chi connectivity index (χ2v) is 14.1. The number of esters is 1. The SMILES string of the molecule is CC[C@@]1(O)C(=O)OCc2c1cc1n(c2=O)Cc2c-1nc1cc(F)c(C)c3c1c2[C@@H](NC(=O)COCNC(=O)CNC(=O)CCc1ccccc1)CC3.O=C(O)C(F)(F)F. The number of hydrogen-bond acceptors (Lipinski definition) is 10. The number of pyridine rings is 2. The number of aryl methyl sites for hydroxylation is 2. The number of aliphatic carboxylic acids is 1. The number of alkyl halides is 3. The number of rotatable bonds is 11.